The van der Waals surface area contributed by atoms with Crippen LogP contribution >= 0.6 is 0 Å². The summed E-state index contributed by atoms with van der Waals surface area (Å²) in [5, 5.41) is 13.5. The molecule has 0 bridgehead atoms. The van der Waals surface area contributed by atoms with Gasteiger partial charge in [0, 0.05) is 51.1 Å². The number of rotatable bonds is 5. The van der Waals surface area contributed by atoms with E-state index in [-0.39, 0.29) is 11.4 Å². The fourth-order valence-electron chi connectivity index (χ4n) is 5.12. The van der Waals surface area contributed by atoms with E-state index in [1.165, 1.54) is 11.3 Å². The van der Waals surface area contributed by atoms with E-state index >= 15 is 0 Å². The van der Waals surface area contributed by atoms with Crippen molar-refractivity contribution in [3.63, 3.8) is 0 Å². The third-order valence-electron chi connectivity index (χ3n) is 7.05. The third kappa shape index (κ3) is 3.77. The molecule has 3 fully saturated rings. The molecule has 3 aliphatic rings. The first-order chi connectivity index (χ1) is 15.1. The van der Waals surface area contributed by atoms with Crippen LogP contribution in [0.2, 0.25) is 0 Å². The first-order valence-electron chi connectivity index (χ1n) is 11.1. The van der Waals surface area contributed by atoms with Crippen LogP contribution in [0.3, 0.4) is 0 Å². The lowest BCUT2D eigenvalue weighted by Gasteiger charge is -2.56. The number of carbonyl (C=O) groups is 1. The number of hydrogen-bond acceptors (Lipinski definition) is 5. The van der Waals surface area contributed by atoms with Gasteiger partial charge in [-0.2, -0.15) is 10.4 Å². The number of aryl methyl sites for hydroxylation is 1. The van der Waals surface area contributed by atoms with E-state index in [9.17, 15) is 10.1 Å². The largest absolute Gasteiger partial charge is 0.333 e. The molecule has 7 nitrogen and oxygen atoms in total. The Morgan fingerprint density at radius 3 is 2.61 bits per heavy atom. The molecule has 1 aliphatic carbocycles. The number of likely N-dealkylation sites (tertiary alicyclic amines) is 2. The summed E-state index contributed by atoms with van der Waals surface area (Å²) in [6.45, 7) is 3.10. The normalized spacial score (nSPS) is 24.6. The molecule has 2 saturated heterocycles. The molecule has 31 heavy (non-hydrogen) atoms. The van der Waals surface area contributed by atoms with E-state index < -0.39 is 0 Å². The van der Waals surface area contributed by atoms with E-state index in [0.717, 1.165) is 32.4 Å². The van der Waals surface area contributed by atoms with Crippen molar-refractivity contribution in [2.24, 2.45) is 12.0 Å². The van der Waals surface area contributed by atoms with Gasteiger partial charge >= 0.3 is 0 Å². The summed E-state index contributed by atoms with van der Waals surface area (Å²) in [6, 6.07) is 15.1. The van der Waals surface area contributed by atoms with Crippen molar-refractivity contribution in [2.75, 3.05) is 26.2 Å². The van der Waals surface area contributed by atoms with Gasteiger partial charge in [-0.3, -0.25) is 19.4 Å². The van der Waals surface area contributed by atoms with Gasteiger partial charge < -0.3 is 4.90 Å². The Bertz CT molecular complexity index is 1020. The minimum atomic E-state index is -0.215. The predicted octanol–water partition coefficient (Wildman–Crippen LogP) is 2.62. The molecule has 7 heteroatoms. The molecular formula is C24H28N6O. The van der Waals surface area contributed by atoms with Crippen LogP contribution in [-0.2, 0) is 7.05 Å². The second-order valence-corrected chi connectivity index (χ2v) is 9.07. The van der Waals surface area contributed by atoms with Crippen molar-refractivity contribution in [3.8, 4) is 6.07 Å². The molecule has 0 spiro atoms. The van der Waals surface area contributed by atoms with Gasteiger partial charge in [0.1, 0.15) is 5.69 Å². The van der Waals surface area contributed by atoms with Crippen LogP contribution < -0.4 is 0 Å². The zero-order valence-corrected chi connectivity index (χ0v) is 17.9. The number of amides is 1. The number of nitrogens with zero attached hydrogens (tertiary/aromatic N) is 6. The topological polar surface area (TPSA) is 77.5 Å². The number of piperidine rings is 1. The van der Waals surface area contributed by atoms with Crippen molar-refractivity contribution in [3.05, 3.63) is 53.9 Å². The summed E-state index contributed by atoms with van der Waals surface area (Å²) < 4.78 is 1.61. The Morgan fingerprint density at radius 1 is 1.23 bits per heavy atom. The van der Waals surface area contributed by atoms with Crippen molar-refractivity contribution in [2.45, 2.75) is 43.2 Å². The van der Waals surface area contributed by atoms with Crippen LogP contribution in [0.4, 0.5) is 0 Å². The highest BCUT2D eigenvalue weighted by atomic mass is 16.2. The fraction of sp³-hybridized carbons (Fsp3) is 0.500. The van der Waals surface area contributed by atoms with Gasteiger partial charge in [-0.1, -0.05) is 30.3 Å². The lowest BCUT2D eigenvalue weighted by atomic mass is 9.82. The van der Waals surface area contributed by atoms with Gasteiger partial charge in [-0.05, 0) is 30.9 Å². The van der Waals surface area contributed by atoms with E-state index in [1.807, 2.05) is 4.90 Å². The summed E-state index contributed by atoms with van der Waals surface area (Å²) in [4.78, 5) is 22.1. The number of benzene rings is 1. The molecule has 1 amide bonds. The van der Waals surface area contributed by atoms with Gasteiger partial charge in [0.05, 0.1) is 24.1 Å². The Balaban J connectivity index is 1.18. The van der Waals surface area contributed by atoms with Gasteiger partial charge in [-0.25, -0.2) is 0 Å². The molecule has 5 rings (SSSR count). The molecule has 3 heterocycles. The van der Waals surface area contributed by atoms with Crippen LogP contribution in [0.15, 0.2) is 47.6 Å². The summed E-state index contributed by atoms with van der Waals surface area (Å²) in [5.41, 5.74) is 3.09. The minimum absolute atomic E-state index is 0.00413. The molecule has 2 aromatic rings. The van der Waals surface area contributed by atoms with Crippen LogP contribution in [-0.4, -0.2) is 69.0 Å². The van der Waals surface area contributed by atoms with Crippen molar-refractivity contribution in [1.82, 2.24) is 19.6 Å². The molecule has 2 aliphatic heterocycles. The summed E-state index contributed by atoms with van der Waals surface area (Å²) >= 11 is 0. The predicted molar refractivity (Wildman–Crippen MR) is 118 cm³/mol. The van der Waals surface area contributed by atoms with Crippen LogP contribution in [0.1, 0.15) is 47.7 Å². The Labute approximate surface area is 183 Å². The first kappa shape index (κ1) is 20.0. The minimum Gasteiger partial charge on any atom is -0.333 e. The van der Waals surface area contributed by atoms with Gasteiger partial charge in [0.2, 0.25) is 0 Å². The highest BCUT2D eigenvalue weighted by Crippen LogP contribution is 2.39. The number of hydrogen-bond donors (Lipinski definition) is 0. The van der Waals surface area contributed by atoms with E-state index in [1.54, 1.807) is 24.0 Å². The molecule has 1 saturated carbocycles. The molecular weight excluding hydrogens is 388 g/mol. The summed E-state index contributed by atoms with van der Waals surface area (Å²) in [6.07, 6.45) is 5.23. The summed E-state index contributed by atoms with van der Waals surface area (Å²) in [5.74, 6) is 0.512. The molecule has 1 aromatic heterocycles. The second-order valence-electron chi connectivity index (χ2n) is 9.07. The number of aromatic nitrogens is 2. The quantitative estimate of drug-likeness (QED) is 0.751. The van der Waals surface area contributed by atoms with Crippen LogP contribution in [0, 0.1) is 11.3 Å². The maximum atomic E-state index is 12.8. The summed E-state index contributed by atoms with van der Waals surface area (Å²) in [7, 11) is 1.78. The second kappa shape index (κ2) is 7.93. The third-order valence-corrected chi connectivity index (χ3v) is 7.05. The van der Waals surface area contributed by atoms with Crippen molar-refractivity contribution >= 4 is 11.6 Å². The van der Waals surface area contributed by atoms with Gasteiger partial charge in [0.15, 0.2) is 0 Å². The molecule has 1 unspecified atom stereocenters. The van der Waals surface area contributed by atoms with Gasteiger partial charge in [-0.15, -0.1) is 0 Å². The zero-order valence-electron chi connectivity index (χ0n) is 17.9. The Kier molecular flexibility index (Phi) is 5.11. The van der Waals surface area contributed by atoms with E-state index in [0.29, 0.717) is 37.2 Å². The SMILES string of the molecule is Cn1nccc1C(=O)N1CC(CC#N)(N2CCC(N=C3CC3c3ccccc3)CC2)C1. The Hall–Kier alpha value is -2.98. The monoisotopic (exact) mass is 416 g/mol. The zero-order chi connectivity index (χ0) is 21.4. The fourth-order valence-corrected chi connectivity index (χ4v) is 5.12. The Morgan fingerprint density at radius 2 is 1.97 bits per heavy atom. The molecule has 1 aromatic carbocycles. The standard InChI is InChI=1S/C24H28N6O/c1-28-22(7-12-26-28)23(31)29-16-24(17-29,10-11-25)30-13-8-19(9-14-30)27-21-15-20(21)18-5-3-2-4-6-18/h2-7,12,19-20H,8-10,13-17H2,1H3. The van der Waals surface area contributed by atoms with Crippen LogP contribution in [0.25, 0.3) is 0 Å². The highest BCUT2D eigenvalue weighted by molar-refractivity contribution is 6.06. The first-order valence-corrected chi connectivity index (χ1v) is 11.1. The number of carbonyl (C=O) groups excluding carboxylic acids is 1. The maximum absolute atomic E-state index is 12.8. The van der Waals surface area contributed by atoms with Crippen molar-refractivity contribution in [1.29, 1.82) is 5.26 Å². The maximum Gasteiger partial charge on any atom is 0.272 e. The van der Waals surface area contributed by atoms with Crippen LogP contribution in [0.5, 0.6) is 0 Å². The van der Waals surface area contributed by atoms with Crippen molar-refractivity contribution < 1.29 is 4.79 Å². The van der Waals surface area contributed by atoms with E-state index in [2.05, 4.69) is 46.4 Å². The van der Waals surface area contributed by atoms with E-state index in [4.69, 9.17) is 4.99 Å². The molecule has 160 valence electrons. The molecule has 1 atom stereocenters. The lowest BCUT2D eigenvalue weighted by molar-refractivity contribution is -0.0485. The lowest BCUT2D eigenvalue weighted by Crippen LogP contribution is -2.72. The highest BCUT2D eigenvalue weighted by Gasteiger charge is 2.50. The average molecular weight is 417 g/mol. The van der Waals surface area contributed by atoms with Gasteiger partial charge in [0.25, 0.3) is 5.91 Å². The molecule has 0 N–H and O–H groups in total. The smallest absolute Gasteiger partial charge is 0.272 e. The number of aliphatic imine (C=N–C) groups is 1. The molecule has 0 radical (unpaired) electrons. The average Bonchev–Trinajstić information content (AvgIpc) is 3.40. The number of nitriles is 1.